The molecule has 2 fully saturated rings. The minimum Gasteiger partial charge on any atom is -0.478 e. The second kappa shape index (κ2) is 5.25. The number of aromatic carboxylic acids is 1. The van der Waals surface area contributed by atoms with Gasteiger partial charge in [0.25, 0.3) is 0 Å². The highest BCUT2D eigenvalue weighted by atomic mass is 16.5. The molecule has 2 heterocycles. The first-order valence-corrected chi connectivity index (χ1v) is 6.95. The third kappa shape index (κ3) is 2.92. The third-order valence-corrected chi connectivity index (χ3v) is 3.75. The quantitative estimate of drug-likeness (QED) is 0.900. The number of nitrogens with zero attached hydrogens (tertiary/aromatic N) is 2. The maximum absolute atomic E-state index is 11.2. The number of aromatic nitrogens is 2. The van der Waals surface area contributed by atoms with Crippen LogP contribution in [0.25, 0.3) is 0 Å². The van der Waals surface area contributed by atoms with Gasteiger partial charge < -0.3 is 9.84 Å². The van der Waals surface area contributed by atoms with E-state index in [1.54, 1.807) is 0 Å². The fraction of sp³-hybridized carbons (Fsp3) is 0.643. The van der Waals surface area contributed by atoms with Crippen LogP contribution in [-0.2, 0) is 11.2 Å². The van der Waals surface area contributed by atoms with Gasteiger partial charge in [0.1, 0.15) is 5.82 Å². The molecule has 1 aliphatic carbocycles. The van der Waals surface area contributed by atoms with Crippen molar-refractivity contribution < 1.29 is 14.6 Å². The Balaban J connectivity index is 1.78. The summed E-state index contributed by atoms with van der Waals surface area (Å²) in [6.45, 7) is 0.813. The Hall–Kier alpha value is -1.49. The summed E-state index contributed by atoms with van der Waals surface area (Å²) < 4.78 is 5.68. The van der Waals surface area contributed by atoms with Crippen LogP contribution in [0.3, 0.4) is 0 Å². The molecule has 5 nitrogen and oxygen atoms in total. The number of hydrogen-bond acceptors (Lipinski definition) is 4. The molecule has 1 unspecified atom stereocenters. The summed E-state index contributed by atoms with van der Waals surface area (Å²) in [4.78, 5) is 19.8. The average molecular weight is 262 g/mol. The van der Waals surface area contributed by atoms with Gasteiger partial charge in [-0.25, -0.2) is 14.8 Å². The first-order chi connectivity index (χ1) is 9.24. The number of carboxylic acid groups (broad SMARTS) is 1. The van der Waals surface area contributed by atoms with Crippen molar-refractivity contribution in [3.8, 4) is 0 Å². The van der Waals surface area contributed by atoms with E-state index in [2.05, 4.69) is 9.97 Å². The molecule has 1 aromatic rings. The van der Waals surface area contributed by atoms with Crippen molar-refractivity contribution in [2.24, 2.45) is 0 Å². The van der Waals surface area contributed by atoms with Crippen molar-refractivity contribution in [1.29, 1.82) is 0 Å². The van der Waals surface area contributed by atoms with Gasteiger partial charge in [-0.2, -0.15) is 0 Å². The fourth-order valence-electron chi connectivity index (χ4n) is 2.54. The minimum absolute atomic E-state index is 0.191. The molecular weight excluding hydrogens is 244 g/mol. The van der Waals surface area contributed by atoms with Crippen LogP contribution < -0.4 is 0 Å². The van der Waals surface area contributed by atoms with Crippen molar-refractivity contribution >= 4 is 5.97 Å². The lowest BCUT2D eigenvalue weighted by molar-refractivity contribution is 0.0156. The SMILES string of the molecule is O=C(O)c1cnc(CC2CCCCO2)nc1C1CC1. The predicted octanol–water partition coefficient (Wildman–Crippen LogP) is 2.16. The van der Waals surface area contributed by atoms with Crippen LogP contribution in [-0.4, -0.2) is 33.8 Å². The number of ether oxygens (including phenoxy) is 1. The number of carboxylic acids is 1. The van der Waals surface area contributed by atoms with Crippen LogP contribution in [0.15, 0.2) is 6.20 Å². The summed E-state index contributed by atoms with van der Waals surface area (Å²) in [5, 5.41) is 9.15. The van der Waals surface area contributed by atoms with E-state index in [0.717, 1.165) is 38.1 Å². The maximum Gasteiger partial charge on any atom is 0.339 e. The van der Waals surface area contributed by atoms with E-state index in [1.807, 2.05) is 0 Å². The highest BCUT2D eigenvalue weighted by Gasteiger charge is 2.30. The van der Waals surface area contributed by atoms with Gasteiger partial charge in [0.05, 0.1) is 17.4 Å². The van der Waals surface area contributed by atoms with Crippen molar-refractivity contribution in [3.05, 3.63) is 23.3 Å². The van der Waals surface area contributed by atoms with Gasteiger partial charge in [-0.05, 0) is 32.1 Å². The molecule has 0 amide bonds. The largest absolute Gasteiger partial charge is 0.478 e. The number of carbonyl (C=O) groups is 1. The summed E-state index contributed by atoms with van der Waals surface area (Å²) >= 11 is 0. The number of hydrogen-bond donors (Lipinski definition) is 1. The van der Waals surface area contributed by atoms with Crippen molar-refractivity contribution in [2.75, 3.05) is 6.61 Å². The third-order valence-electron chi connectivity index (χ3n) is 3.75. The Labute approximate surface area is 112 Å². The summed E-state index contributed by atoms with van der Waals surface area (Å²) in [7, 11) is 0. The van der Waals surface area contributed by atoms with Crippen LogP contribution in [0.1, 0.15) is 59.9 Å². The highest BCUT2D eigenvalue weighted by Crippen LogP contribution is 2.40. The van der Waals surface area contributed by atoms with Gasteiger partial charge in [-0.3, -0.25) is 0 Å². The topological polar surface area (TPSA) is 72.3 Å². The van der Waals surface area contributed by atoms with Gasteiger partial charge in [0.15, 0.2) is 0 Å². The molecule has 3 rings (SSSR count). The molecule has 1 saturated heterocycles. The van der Waals surface area contributed by atoms with Crippen LogP contribution in [0, 0.1) is 0 Å². The molecule has 5 heteroatoms. The predicted molar refractivity (Wildman–Crippen MR) is 68.3 cm³/mol. The first kappa shape index (κ1) is 12.5. The zero-order valence-electron chi connectivity index (χ0n) is 10.8. The summed E-state index contributed by atoms with van der Waals surface area (Å²) in [6.07, 6.45) is 7.78. The lowest BCUT2D eigenvalue weighted by Gasteiger charge is -2.22. The lowest BCUT2D eigenvalue weighted by Crippen LogP contribution is -2.23. The average Bonchev–Trinajstić information content (AvgIpc) is 3.24. The van der Waals surface area contributed by atoms with Crippen molar-refractivity contribution in [3.63, 3.8) is 0 Å². The zero-order chi connectivity index (χ0) is 13.2. The van der Waals surface area contributed by atoms with E-state index < -0.39 is 5.97 Å². The monoisotopic (exact) mass is 262 g/mol. The molecule has 0 radical (unpaired) electrons. The van der Waals surface area contributed by atoms with E-state index in [4.69, 9.17) is 9.84 Å². The molecule has 102 valence electrons. The van der Waals surface area contributed by atoms with Gasteiger partial charge in [-0.1, -0.05) is 0 Å². The number of rotatable bonds is 4. The molecule has 0 aromatic carbocycles. The van der Waals surface area contributed by atoms with Crippen LogP contribution in [0.4, 0.5) is 0 Å². The normalized spacial score (nSPS) is 23.3. The van der Waals surface area contributed by atoms with E-state index in [1.165, 1.54) is 12.6 Å². The molecular formula is C14H18N2O3. The van der Waals surface area contributed by atoms with Gasteiger partial charge in [0, 0.05) is 25.1 Å². The van der Waals surface area contributed by atoms with E-state index in [0.29, 0.717) is 18.0 Å². The first-order valence-electron chi connectivity index (χ1n) is 6.95. The molecule has 2 aliphatic rings. The second-order valence-corrected chi connectivity index (χ2v) is 5.36. The molecule has 0 spiro atoms. The van der Waals surface area contributed by atoms with Crippen LogP contribution in [0.2, 0.25) is 0 Å². The van der Waals surface area contributed by atoms with Gasteiger partial charge in [-0.15, -0.1) is 0 Å². The highest BCUT2D eigenvalue weighted by molar-refractivity contribution is 5.88. The van der Waals surface area contributed by atoms with Gasteiger partial charge >= 0.3 is 5.97 Å². The molecule has 19 heavy (non-hydrogen) atoms. The van der Waals surface area contributed by atoms with Crippen LogP contribution in [0.5, 0.6) is 0 Å². The summed E-state index contributed by atoms with van der Waals surface area (Å²) in [6, 6.07) is 0. The molecule has 1 N–H and O–H groups in total. The smallest absolute Gasteiger partial charge is 0.339 e. The Morgan fingerprint density at radius 2 is 2.21 bits per heavy atom. The van der Waals surface area contributed by atoms with E-state index in [-0.39, 0.29) is 11.7 Å². The van der Waals surface area contributed by atoms with Crippen molar-refractivity contribution in [2.45, 2.75) is 50.5 Å². The molecule has 1 atom stereocenters. The van der Waals surface area contributed by atoms with E-state index >= 15 is 0 Å². The molecule has 1 aliphatic heterocycles. The summed E-state index contributed by atoms with van der Waals surface area (Å²) in [5.74, 6) is 0.112. The second-order valence-electron chi connectivity index (χ2n) is 5.36. The Kier molecular flexibility index (Phi) is 3.46. The Morgan fingerprint density at radius 3 is 2.84 bits per heavy atom. The molecule has 0 bridgehead atoms. The Morgan fingerprint density at radius 1 is 1.37 bits per heavy atom. The standard InChI is InChI=1S/C14H18N2O3/c17-14(18)11-8-15-12(16-13(11)9-4-5-9)7-10-3-1-2-6-19-10/h8-10H,1-7H2,(H,17,18). The van der Waals surface area contributed by atoms with E-state index in [9.17, 15) is 4.79 Å². The minimum atomic E-state index is -0.928. The van der Waals surface area contributed by atoms with Gasteiger partial charge in [0.2, 0.25) is 0 Å². The zero-order valence-corrected chi connectivity index (χ0v) is 10.8. The Bertz CT molecular complexity index is 480. The molecule has 1 saturated carbocycles. The fourth-order valence-corrected chi connectivity index (χ4v) is 2.54. The maximum atomic E-state index is 11.2. The van der Waals surface area contributed by atoms with Crippen LogP contribution >= 0.6 is 0 Å². The lowest BCUT2D eigenvalue weighted by atomic mass is 10.1. The van der Waals surface area contributed by atoms with Crippen molar-refractivity contribution in [1.82, 2.24) is 9.97 Å². The molecule has 1 aromatic heterocycles. The summed E-state index contributed by atoms with van der Waals surface area (Å²) in [5.41, 5.74) is 0.976.